The fraction of sp³-hybridized carbons (Fsp3) is 0.333. The summed E-state index contributed by atoms with van der Waals surface area (Å²) >= 11 is 0. The molecule has 1 aromatic heterocycles. The highest BCUT2D eigenvalue weighted by atomic mass is 16.5. The van der Waals surface area contributed by atoms with E-state index in [9.17, 15) is 9.90 Å². The van der Waals surface area contributed by atoms with Gasteiger partial charge in [-0.15, -0.1) is 0 Å². The van der Waals surface area contributed by atoms with Crippen LogP contribution in [0.15, 0.2) is 18.2 Å². The summed E-state index contributed by atoms with van der Waals surface area (Å²) in [7, 11) is 3.41. The summed E-state index contributed by atoms with van der Waals surface area (Å²) < 4.78 is 5.31. The third kappa shape index (κ3) is 2.58. The Morgan fingerprint density at radius 2 is 2.20 bits per heavy atom. The van der Waals surface area contributed by atoms with E-state index in [1.807, 2.05) is 26.1 Å². The van der Waals surface area contributed by atoms with Crippen LogP contribution in [0.2, 0.25) is 0 Å². The van der Waals surface area contributed by atoms with Gasteiger partial charge in [0.1, 0.15) is 11.3 Å². The van der Waals surface area contributed by atoms with Gasteiger partial charge in [0.25, 0.3) is 0 Å². The molecule has 5 nitrogen and oxygen atoms in total. The predicted octanol–water partition coefficient (Wildman–Crippen LogP) is 2.01. The number of aromatic nitrogens is 1. The van der Waals surface area contributed by atoms with Crippen molar-refractivity contribution in [3.63, 3.8) is 0 Å². The molecule has 2 aromatic rings. The van der Waals surface area contributed by atoms with E-state index >= 15 is 0 Å². The molecule has 106 valence electrons. The van der Waals surface area contributed by atoms with Crippen LogP contribution >= 0.6 is 0 Å². The van der Waals surface area contributed by atoms with Gasteiger partial charge >= 0.3 is 5.97 Å². The maximum absolute atomic E-state index is 11.5. The topological polar surface area (TPSA) is 71.5 Å². The fourth-order valence-electron chi connectivity index (χ4n) is 2.25. The van der Waals surface area contributed by atoms with Crippen molar-refractivity contribution in [2.45, 2.75) is 13.3 Å². The Balaban J connectivity index is 2.74. The first-order chi connectivity index (χ1) is 9.58. The molecule has 0 saturated heterocycles. The largest absolute Gasteiger partial charge is 0.494 e. The van der Waals surface area contributed by atoms with Crippen molar-refractivity contribution in [1.29, 1.82) is 0 Å². The first-order valence-corrected chi connectivity index (χ1v) is 6.43. The zero-order valence-electron chi connectivity index (χ0n) is 11.9. The van der Waals surface area contributed by atoms with E-state index < -0.39 is 5.97 Å². The van der Waals surface area contributed by atoms with Gasteiger partial charge in [-0.1, -0.05) is 6.07 Å². The second-order valence-electron chi connectivity index (χ2n) is 4.63. The lowest BCUT2D eigenvalue weighted by atomic mass is 10.0. The minimum atomic E-state index is -0.945. The number of likely N-dealkylation sites (N-methyl/N-ethyl adjacent to an activating group) is 1. The van der Waals surface area contributed by atoms with Gasteiger partial charge in [0.05, 0.1) is 12.7 Å². The van der Waals surface area contributed by atoms with E-state index in [0.29, 0.717) is 23.1 Å². The van der Waals surface area contributed by atoms with E-state index in [-0.39, 0.29) is 5.56 Å². The molecule has 0 aliphatic carbocycles. The van der Waals surface area contributed by atoms with Crippen molar-refractivity contribution in [3.8, 4) is 5.75 Å². The van der Waals surface area contributed by atoms with E-state index in [1.165, 1.54) is 0 Å². The first-order valence-electron chi connectivity index (χ1n) is 6.43. The smallest absolute Gasteiger partial charge is 0.336 e. The molecule has 0 bridgehead atoms. The van der Waals surface area contributed by atoms with Crippen LogP contribution in [0.4, 0.5) is 0 Å². The lowest BCUT2D eigenvalue weighted by Crippen LogP contribution is -2.12. The van der Waals surface area contributed by atoms with Crippen LogP contribution < -0.4 is 10.1 Å². The number of aryl methyl sites for hydroxylation is 1. The van der Waals surface area contributed by atoms with Crippen molar-refractivity contribution in [2.75, 3.05) is 20.7 Å². The van der Waals surface area contributed by atoms with E-state index in [1.54, 1.807) is 13.2 Å². The van der Waals surface area contributed by atoms with Crippen LogP contribution in [-0.4, -0.2) is 36.8 Å². The standard InChI is InChI=1S/C15H18N2O3/c1-9-4-5-12(20-3)14-13(9)11(15(18)19)8-10(17-14)6-7-16-2/h4-5,8,16H,6-7H2,1-3H3,(H,18,19). The van der Waals surface area contributed by atoms with E-state index in [4.69, 9.17) is 4.74 Å². The Morgan fingerprint density at radius 1 is 1.45 bits per heavy atom. The summed E-state index contributed by atoms with van der Waals surface area (Å²) in [5.74, 6) is -0.348. The molecule has 1 aromatic carbocycles. The number of pyridine rings is 1. The number of aromatic carboxylic acids is 1. The average molecular weight is 274 g/mol. The highest BCUT2D eigenvalue weighted by Gasteiger charge is 2.16. The Labute approximate surface area is 117 Å². The maximum atomic E-state index is 11.5. The summed E-state index contributed by atoms with van der Waals surface area (Å²) in [5.41, 5.74) is 2.51. The number of carboxylic acids is 1. The van der Waals surface area contributed by atoms with Gasteiger partial charge in [0.2, 0.25) is 0 Å². The molecule has 2 rings (SSSR count). The van der Waals surface area contributed by atoms with Crippen LogP contribution in [0, 0.1) is 6.92 Å². The monoisotopic (exact) mass is 274 g/mol. The van der Waals surface area contributed by atoms with Crippen LogP contribution in [-0.2, 0) is 6.42 Å². The molecule has 0 fully saturated rings. The summed E-state index contributed by atoms with van der Waals surface area (Å²) in [6, 6.07) is 5.31. The molecular weight excluding hydrogens is 256 g/mol. The van der Waals surface area contributed by atoms with E-state index in [2.05, 4.69) is 10.3 Å². The molecule has 5 heteroatoms. The number of ether oxygens (including phenoxy) is 1. The summed E-state index contributed by atoms with van der Waals surface area (Å²) in [4.78, 5) is 16.1. The molecule has 0 unspecified atom stereocenters. The number of fused-ring (bicyclic) bond motifs is 1. The number of rotatable bonds is 5. The average Bonchev–Trinajstić information content (AvgIpc) is 2.44. The molecule has 1 heterocycles. The summed E-state index contributed by atoms with van der Waals surface area (Å²) in [5, 5.41) is 13.1. The van der Waals surface area contributed by atoms with E-state index in [0.717, 1.165) is 17.8 Å². The molecule has 20 heavy (non-hydrogen) atoms. The maximum Gasteiger partial charge on any atom is 0.336 e. The Bertz CT molecular complexity index is 653. The molecule has 2 N–H and O–H groups in total. The highest BCUT2D eigenvalue weighted by Crippen LogP contribution is 2.30. The Kier molecular flexibility index (Phi) is 4.20. The molecule has 0 aliphatic rings. The zero-order valence-corrected chi connectivity index (χ0v) is 11.9. The summed E-state index contributed by atoms with van der Waals surface area (Å²) in [6.45, 7) is 2.62. The number of benzene rings is 1. The van der Waals surface area contributed by atoms with Gasteiger partial charge in [-0.2, -0.15) is 0 Å². The van der Waals surface area contributed by atoms with Gasteiger partial charge in [-0.3, -0.25) is 0 Å². The quantitative estimate of drug-likeness (QED) is 0.872. The van der Waals surface area contributed by atoms with Gasteiger partial charge in [0.15, 0.2) is 0 Å². The lowest BCUT2D eigenvalue weighted by Gasteiger charge is -2.12. The second-order valence-corrected chi connectivity index (χ2v) is 4.63. The van der Waals surface area contributed by atoms with Crippen molar-refractivity contribution < 1.29 is 14.6 Å². The van der Waals surface area contributed by atoms with Crippen molar-refractivity contribution >= 4 is 16.9 Å². The normalized spacial score (nSPS) is 10.8. The van der Waals surface area contributed by atoms with Crippen molar-refractivity contribution in [1.82, 2.24) is 10.3 Å². The Hall–Kier alpha value is -2.14. The SMILES string of the molecule is CNCCc1cc(C(=O)O)c2c(C)ccc(OC)c2n1. The molecule has 0 radical (unpaired) electrons. The Morgan fingerprint density at radius 3 is 2.80 bits per heavy atom. The van der Waals surface area contributed by atoms with Crippen LogP contribution in [0.1, 0.15) is 21.6 Å². The zero-order chi connectivity index (χ0) is 14.7. The van der Waals surface area contributed by atoms with Gasteiger partial charge < -0.3 is 15.2 Å². The lowest BCUT2D eigenvalue weighted by molar-refractivity contribution is 0.0698. The number of carbonyl (C=O) groups is 1. The summed E-state index contributed by atoms with van der Waals surface area (Å²) in [6.07, 6.45) is 0.670. The molecular formula is C15H18N2O3. The van der Waals surface area contributed by atoms with Crippen molar-refractivity contribution in [3.05, 3.63) is 35.0 Å². The minimum absolute atomic E-state index is 0.275. The number of nitrogens with one attached hydrogen (secondary N) is 1. The first kappa shape index (κ1) is 14.3. The molecule has 0 aliphatic heterocycles. The van der Waals surface area contributed by atoms with Crippen molar-refractivity contribution in [2.24, 2.45) is 0 Å². The number of hydrogen-bond donors (Lipinski definition) is 2. The fourth-order valence-corrected chi connectivity index (χ4v) is 2.25. The molecule has 0 saturated carbocycles. The second kappa shape index (κ2) is 5.88. The highest BCUT2D eigenvalue weighted by molar-refractivity contribution is 6.05. The molecule has 0 amide bonds. The third-order valence-electron chi connectivity index (χ3n) is 3.27. The molecule has 0 atom stereocenters. The number of methoxy groups -OCH3 is 1. The van der Waals surface area contributed by atoms with Crippen LogP contribution in [0.25, 0.3) is 10.9 Å². The van der Waals surface area contributed by atoms with Crippen LogP contribution in [0.3, 0.4) is 0 Å². The number of nitrogens with zero attached hydrogens (tertiary/aromatic N) is 1. The van der Waals surface area contributed by atoms with Crippen LogP contribution in [0.5, 0.6) is 5.75 Å². The van der Waals surface area contributed by atoms with Gasteiger partial charge in [-0.05, 0) is 31.7 Å². The third-order valence-corrected chi connectivity index (χ3v) is 3.27. The predicted molar refractivity (Wildman–Crippen MR) is 77.6 cm³/mol. The van der Waals surface area contributed by atoms with Gasteiger partial charge in [-0.25, -0.2) is 9.78 Å². The molecule has 0 spiro atoms. The number of carboxylic acid groups (broad SMARTS) is 1. The van der Waals surface area contributed by atoms with Gasteiger partial charge in [0, 0.05) is 24.0 Å². The minimum Gasteiger partial charge on any atom is -0.494 e. The number of hydrogen-bond acceptors (Lipinski definition) is 4.